The van der Waals surface area contributed by atoms with E-state index in [1.54, 1.807) is 0 Å². The molecule has 0 radical (unpaired) electrons. The van der Waals surface area contributed by atoms with Gasteiger partial charge < -0.3 is 4.90 Å². The topological polar surface area (TPSA) is 19.4 Å². The molecule has 2 bridgehead atoms. The maximum absolute atomic E-state index is 4.39. The third-order valence-electron chi connectivity index (χ3n) is 4.90. The van der Waals surface area contributed by atoms with Crippen LogP contribution < -0.4 is 0 Å². The van der Waals surface area contributed by atoms with Crippen molar-refractivity contribution in [3.05, 3.63) is 42.1 Å². The number of rotatable bonds is 3. The molecule has 3 heteroatoms. The van der Waals surface area contributed by atoms with Crippen LogP contribution in [0.15, 0.2) is 36.5 Å². The SMILES string of the molecule is CCN1CC2CC(C1)N2Cc1ccc2ncccc2c1. The number of hydrogen-bond donors (Lipinski definition) is 0. The molecule has 1 aromatic heterocycles. The van der Waals surface area contributed by atoms with Crippen LogP contribution in [0.25, 0.3) is 10.9 Å². The molecular weight excluding hydrogens is 246 g/mol. The summed E-state index contributed by atoms with van der Waals surface area (Å²) in [5.41, 5.74) is 2.52. The lowest BCUT2D eigenvalue weighted by Gasteiger charge is -2.56. The van der Waals surface area contributed by atoms with E-state index in [1.807, 2.05) is 12.3 Å². The molecule has 5 rings (SSSR count). The molecule has 0 N–H and O–H groups in total. The minimum absolute atomic E-state index is 0.776. The second kappa shape index (κ2) is 4.83. The van der Waals surface area contributed by atoms with Gasteiger partial charge in [-0.2, -0.15) is 0 Å². The summed E-state index contributed by atoms with van der Waals surface area (Å²) >= 11 is 0. The number of hydrogen-bond acceptors (Lipinski definition) is 3. The van der Waals surface area contributed by atoms with Gasteiger partial charge in [-0.05, 0) is 36.7 Å². The van der Waals surface area contributed by atoms with Crippen molar-refractivity contribution in [2.24, 2.45) is 0 Å². The van der Waals surface area contributed by atoms with E-state index in [9.17, 15) is 0 Å². The van der Waals surface area contributed by atoms with Crippen LogP contribution in [0.5, 0.6) is 0 Å². The van der Waals surface area contributed by atoms with Crippen LogP contribution >= 0.6 is 0 Å². The van der Waals surface area contributed by atoms with Crippen molar-refractivity contribution in [3.8, 4) is 0 Å². The number of pyridine rings is 1. The minimum Gasteiger partial charge on any atom is -0.301 e. The van der Waals surface area contributed by atoms with Gasteiger partial charge in [-0.3, -0.25) is 9.88 Å². The summed E-state index contributed by atoms with van der Waals surface area (Å²) in [4.78, 5) is 9.66. The van der Waals surface area contributed by atoms with Crippen LogP contribution in [-0.4, -0.2) is 46.5 Å². The Kier molecular flexibility index (Phi) is 2.97. The number of likely N-dealkylation sites (N-methyl/N-ethyl adjacent to an activating group) is 1. The fourth-order valence-electron chi connectivity index (χ4n) is 3.73. The molecule has 3 aliphatic heterocycles. The lowest BCUT2D eigenvalue weighted by Crippen LogP contribution is -2.67. The van der Waals surface area contributed by atoms with Crippen LogP contribution in [0.4, 0.5) is 0 Å². The summed E-state index contributed by atoms with van der Waals surface area (Å²) in [6, 6.07) is 12.4. The molecule has 0 aliphatic carbocycles. The number of piperazine rings is 1. The highest BCUT2D eigenvalue weighted by molar-refractivity contribution is 5.78. The first-order valence-corrected chi connectivity index (χ1v) is 7.65. The molecule has 20 heavy (non-hydrogen) atoms. The van der Waals surface area contributed by atoms with Gasteiger partial charge in [0.05, 0.1) is 5.52 Å². The normalized spacial score (nSPS) is 26.6. The van der Waals surface area contributed by atoms with E-state index in [-0.39, 0.29) is 0 Å². The first kappa shape index (κ1) is 12.3. The zero-order valence-electron chi connectivity index (χ0n) is 12.0. The van der Waals surface area contributed by atoms with Crippen molar-refractivity contribution >= 4 is 10.9 Å². The average Bonchev–Trinajstić information content (AvgIpc) is 2.52. The van der Waals surface area contributed by atoms with Gasteiger partial charge in [-0.15, -0.1) is 0 Å². The second-order valence-corrected chi connectivity index (χ2v) is 6.10. The Morgan fingerprint density at radius 1 is 1.20 bits per heavy atom. The van der Waals surface area contributed by atoms with Gasteiger partial charge in [-0.1, -0.05) is 19.1 Å². The van der Waals surface area contributed by atoms with Crippen LogP contribution in [0.1, 0.15) is 18.9 Å². The van der Waals surface area contributed by atoms with E-state index in [0.717, 1.165) is 24.1 Å². The molecule has 1 aromatic carbocycles. The maximum Gasteiger partial charge on any atom is 0.0702 e. The minimum atomic E-state index is 0.776. The molecule has 3 aliphatic rings. The molecule has 0 spiro atoms. The number of piperidine rings is 1. The molecule has 0 amide bonds. The van der Waals surface area contributed by atoms with Gasteiger partial charge in [0, 0.05) is 43.3 Å². The average molecular weight is 267 g/mol. The summed E-state index contributed by atoms with van der Waals surface area (Å²) in [5.74, 6) is 0. The Hall–Kier alpha value is -1.45. The molecule has 4 heterocycles. The fraction of sp³-hybridized carbons (Fsp3) is 0.471. The summed E-state index contributed by atoms with van der Waals surface area (Å²) in [6.07, 6.45) is 3.26. The smallest absolute Gasteiger partial charge is 0.0702 e. The van der Waals surface area contributed by atoms with E-state index < -0.39 is 0 Å². The molecule has 104 valence electrons. The summed E-state index contributed by atoms with van der Waals surface area (Å²) in [7, 11) is 0. The molecule has 2 atom stereocenters. The molecule has 3 saturated heterocycles. The van der Waals surface area contributed by atoms with Gasteiger partial charge in [0.1, 0.15) is 0 Å². The van der Waals surface area contributed by atoms with Crippen LogP contribution in [0, 0.1) is 0 Å². The highest BCUT2D eigenvalue weighted by Gasteiger charge is 2.43. The van der Waals surface area contributed by atoms with Crippen LogP contribution in [0.2, 0.25) is 0 Å². The number of fused-ring (bicyclic) bond motifs is 3. The van der Waals surface area contributed by atoms with Crippen molar-refractivity contribution < 1.29 is 0 Å². The van der Waals surface area contributed by atoms with E-state index in [0.29, 0.717) is 0 Å². The Labute approximate surface area is 120 Å². The van der Waals surface area contributed by atoms with Gasteiger partial charge in [0.15, 0.2) is 0 Å². The van der Waals surface area contributed by atoms with Crippen molar-refractivity contribution in [3.63, 3.8) is 0 Å². The largest absolute Gasteiger partial charge is 0.301 e. The lowest BCUT2D eigenvalue weighted by atomic mass is 9.87. The van der Waals surface area contributed by atoms with Gasteiger partial charge in [0.25, 0.3) is 0 Å². The zero-order valence-corrected chi connectivity index (χ0v) is 12.0. The maximum atomic E-state index is 4.39. The van der Waals surface area contributed by atoms with E-state index in [1.165, 1.54) is 37.0 Å². The number of nitrogens with zero attached hydrogens (tertiary/aromatic N) is 3. The van der Waals surface area contributed by atoms with Gasteiger partial charge in [-0.25, -0.2) is 0 Å². The Morgan fingerprint density at radius 2 is 2.05 bits per heavy atom. The Balaban J connectivity index is 1.51. The van der Waals surface area contributed by atoms with Crippen molar-refractivity contribution in [1.82, 2.24) is 14.8 Å². The summed E-state index contributed by atoms with van der Waals surface area (Å²) < 4.78 is 0. The predicted molar refractivity (Wildman–Crippen MR) is 81.6 cm³/mol. The molecule has 2 aromatic rings. The molecule has 3 fully saturated rings. The van der Waals surface area contributed by atoms with Gasteiger partial charge >= 0.3 is 0 Å². The second-order valence-electron chi connectivity index (χ2n) is 6.10. The van der Waals surface area contributed by atoms with Gasteiger partial charge in [0.2, 0.25) is 0 Å². The Morgan fingerprint density at radius 3 is 2.85 bits per heavy atom. The highest BCUT2D eigenvalue weighted by atomic mass is 15.4. The molecule has 0 saturated carbocycles. The summed E-state index contributed by atoms with van der Waals surface area (Å²) in [5, 5.41) is 1.26. The van der Waals surface area contributed by atoms with Crippen molar-refractivity contribution in [2.75, 3.05) is 19.6 Å². The van der Waals surface area contributed by atoms with Crippen molar-refractivity contribution in [2.45, 2.75) is 32.0 Å². The quantitative estimate of drug-likeness (QED) is 0.852. The third kappa shape index (κ3) is 2.02. The predicted octanol–water partition coefficient (Wildman–Crippen LogP) is 2.51. The fourth-order valence-corrected chi connectivity index (χ4v) is 3.73. The number of aromatic nitrogens is 1. The van der Waals surface area contributed by atoms with E-state index in [2.05, 4.69) is 46.0 Å². The first-order valence-electron chi connectivity index (χ1n) is 7.65. The first-order chi connectivity index (χ1) is 9.83. The standard InChI is InChI=1S/C17H21N3/c1-2-19-11-15-9-16(12-19)20(15)10-13-5-6-17-14(8-13)4-3-7-18-17/h3-8,15-16H,2,9-12H2,1H3. The zero-order chi connectivity index (χ0) is 13.5. The third-order valence-corrected chi connectivity index (χ3v) is 4.90. The number of benzene rings is 1. The van der Waals surface area contributed by atoms with Crippen LogP contribution in [-0.2, 0) is 6.54 Å². The molecule has 2 unspecified atom stereocenters. The van der Waals surface area contributed by atoms with Crippen molar-refractivity contribution in [1.29, 1.82) is 0 Å². The Bertz CT molecular complexity index is 612. The lowest BCUT2D eigenvalue weighted by molar-refractivity contribution is -0.0731. The van der Waals surface area contributed by atoms with Crippen LogP contribution in [0.3, 0.4) is 0 Å². The molecule has 3 nitrogen and oxygen atoms in total. The summed E-state index contributed by atoms with van der Waals surface area (Å²) in [6.45, 7) is 7.07. The molecular formula is C17H21N3. The highest BCUT2D eigenvalue weighted by Crippen LogP contribution is 2.33. The monoisotopic (exact) mass is 267 g/mol. The van der Waals surface area contributed by atoms with E-state index in [4.69, 9.17) is 0 Å². The van der Waals surface area contributed by atoms with E-state index >= 15 is 0 Å².